The maximum Gasteiger partial charge on any atom is 0.260 e. The summed E-state index contributed by atoms with van der Waals surface area (Å²) < 4.78 is 0. The molecule has 0 fully saturated rings. The molecule has 106 valence electrons. The van der Waals surface area contributed by atoms with Gasteiger partial charge in [-0.05, 0) is 0 Å². The first-order valence-electron chi connectivity index (χ1n) is 6.24. The lowest BCUT2D eigenvalue weighted by Gasteiger charge is -2.06. The van der Waals surface area contributed by atoms with Crippen LogP contribution in [0.5, 0.6) is 0 Å². The number of benzene rings is 1. The van der Waals surface area contributed by atoms with Crippen LogP contribution in [0.4, 0.5) is 11.6 Å². The molecule has 21 heavy (non-hydrogen) atoms. The number of aromatic nitrogens is 2. The van der Waals surface area contributed by atoms with Crippen LogP contribution in [0.1, 0.15) is 9.67 Å². The minimum Gasteiger partial charge on any atom is -0.397 e. The van der Waals surface area contributed by atoms with E-state index in [-0.39, 0.29) is 0 Å². The summed E-state index contributed by atoms with van der Waals surface area (Å²) in [6, 6.07) is 9.62. The number of anilines is 2. The van der Waals surface area contributed by atoms with E-state index in [0.29, 0.717) is 32.4 Å². The average Bonchev–Trinajstić information content (AvgIpc) is 2.84. The summed E-state index contributed by atoms with van der Waals surface area (Å²) in [4.78, 5) is 21.3. The molecule has 7 heteroatoms. The monoisotopic (exact) mass is 299 g/mol. The number of primary amides is 1. The summed E-state index contributed by atoms with van der Waals surface area (Å²) in [7, 11) is 1.74. The van der Waals surface area contributed by atoms with Gasteiger partial charge in [0.2, 0.25) is 5.95 Å². The lowest BCUT2D eigenvalue weighted by Crippen LogP contribution is -2.10. The molecule has 3 aromatic rings. The van der Waals surface area contributed by atoms with Crippen LogP contribution in [-0.2, 0) is 0 Å². The predicted molar refractivity (Wildman–Crippen MR) is 85.3 cm³/mol. The highest BCUT2D eigenvalue weighted by atomic mass is 32.1. The normalized spacial score (nSPS) is 10.7. The van der Waals surface area contributed by atoms with Gasteiger partial charge in [0.1, 0.15) is 9.71 Å². The smallest absolute Gasteiger partial charge is 0.260 e. The van der Waals surface area contributed by atoms with Gasteiger partial charge < -0.3 is 16.8 Å². The Morgan fingerprint density at radius 2 is 1.95 bits per heavy atom. The summed E-state index contributed by atoms with van der Waals surface area (Å²) in [5.41, 5.74) is 13.4. The van der Waals surface area contributed by atoms with Gasteiger partial charge in [0.05, 0.1) is 16.8 Å². The average molecular weight is 299 g/mol. The van der Waals surface area contributed by atoms with Gasteiger partial charge in [-0.3, -0.25) is 4.79 Å². The largest absolute Gasteiger partial charge is 0.397 e. The first-order valence-corrected chi connectivity index (χ1v) is 7.06. The molecule has 0 saturated heterocycles. The van der Waals surface area contributed by atoms with E-state index in [1.165, 1.54) is 11.3 Å². The van der Waals surface area contributed by atoms with Crippen molar-refractivity contribution in [2.24, 2.45) is 5.73 Å². The molecule has 0 spiro atoms. The Kier molecular flexibility index (Phi) is 3.19. The Hall–Kier alpha value is -2.67. The van der Waals surface area contributed by atoms with Crippen molar-refractivity contribution in [3.63, 3.8) is 0 Å². The highest BCUT2D eigenvalue weighted by Gasteiger charge is 2.20. The third-order valence-corrected chi connectivity index (χ3v) is 4.20. The fourth-order valence-electron chi connectivity index (χ4n) is 2.12. The van der Waals surface area contributed by atoms with Gasteiger partial charge in [0.15, 0.2) is 0 Å². The quantitative estimate of drug-likeness (QED) is 0.686. The Labute approximate surface area is 124 Å². The van der Waals surface area contributed by atoms with Crippen LogP contribution in [0.2, 0.25) is 0 Å². The summed E-state index contributed by atoms with van der Waals surface area (Å²) in [6.45, 7) is 0. The standard InChI is InChI=1S/C14H13N5OS/c1-17-14-18-10(7-5-3-2-4-6-7)8-9(15)11(12(16)20)21-13(8)19-14/h2-6H,15H2,1H3,(H2,16,20)(H,17,18,19). The molecule has 0 aliphatic carbocycles. The summed E-state index contributed by atoms with van der Waals surface area (Å²) >= 11 is 1.18. The number of hydrogen-bond acceptors (Lipinski definition) is 6. The maximum atomic E-state index is 11.5. The zero-order valence-corrected chi connectivity index (χ0v) is 12.1. The van der Waals surface area contributed by atoms with Crippen LogP contribution in [0.3, 0.4) is 0 Å². The summed E-state index contributed by atoms with van der Waals surface area (Å²) in [5.74, 6) is -0.0841. The van der Waals surface area contributed by atoms with E-state index in [9.17, 15) is 4.79 Å². The molecule has 0 unspecified atom stereocenters. The lowest BCUT2D eigenvalue weighted by atomic mass is 10.1. The molecule has 0 atom stereocenters. The van der Waals surface area contributed by atoms with Gasteiger partial charge in [0, 0.05) is 12.6 Å². The van der Waals surface area contributed by atoms with Crippen LogP contribution in [0.15, 0.2) is 30.3 Å². The molecule has 2 aromatic heterocycles. The minimum atomic E-state index is -0.555. The van der Waals surface area contributed by atoms with Crippen LogP contribution in [0.25, 0.3) is 21.5 Å². The number of hydrogen-bond donors (Lipinski definition) is 3. The Balaban J connectivity index is 2.39. The number of nitrogens with zero attached hydrogens (tertiary/aromatic N) is 2. The number of fused-ring (bicyclic) bond motifs is 1. The number of carbonyl (C=O) groups excluding carboxylic acids is 1. The fourth-order valence-corrected chi connectivity index (χ4v) is 3.07. The fraction of sp³-hybridized carbons (Fsp3) is 0.0714. The van der Waals surface area contributed by atoms with Crippen LogP contribution >= 0.6 is 11.3 Å². The van der Waals surface area contributed by atoms with Crippen LogP contribution < -0.4 is 16.8 Å². The molecule has 3 rings (SSSR count). The lowest BCUT2D eigenvalue weighted by molar-refractivity contribution is 0.100. The molecule has 6 nitrogen and oxygen atoms in total. The number of carbonyl (C=O) groups is 1. The highest BCUT2D eigenvalue weighted by Crippen LogP contribution is 2.38. The third-order valence-electron chi connectivity index (χ3n) is 3.08. The molecule has 5 N–H and O–H groups in total. The van der Waals surface area contributed by atoms with E-state index >= 15 is 0 Å². The van der Waals surface area contributed by atoms with Crippen LogP contribution in [0, 0.1) is 0 Å². The van der Waals surface area contributed by atoms with Crippen molar-refractivity contribution in [2.75, 3.05) is 18.1 Å². The molecule has 1 aromatic carbocycles. The maximum absolute atomic E-state index is 11.5. The second-order valence-electron chi connectivity index (χ2n) is 4.40. The van der Waals surface area contributed by atoms with E-state index in [2.05, 4.69) is 15.3 Å². The van der Waals surface area contributed by atoms with Gasteiger partial charge in [-0.15, -0.1) is 11.3 Å². The zero-order chi connectivity index (χ0) is 15.0. The van der Waals surface area contributed by atoms with E-state index < -0.39 is 5.91 Å². The number of thiophene rings is 1. The first-order chi connectivity index (χ1) is 10.1. The van der Waals surface area contributed by atoms with Gasteiger partial charge in [-0.25, -0.2) is 9.97 Å². The minimum absolute atomic E-state index is 0.310. The number of nitrogens with one attached hydrogen (secondary N) is 1. The zero-order valence-electron chi connectivity index (χ0n) is 11.3. The molecular weight excluding hydrogens is 286 g/mol. The first kappa shape index (κ1) is 13.3. The van der Waals surface area contributed by atoms with E-state index in [4.69, 9.17) is 11.5 Å². The highest BCUT2D eigenvalue weighted by molar-refractivity contribution is 7.21. The summed E-state index contributed by atoms with van der Waals surface area (Å²) in [5, 5.41) is 3.58. The van der Waals surface area contributed by atoms with Gasteiger partial charge in [-0.1, -0.05) is 30.3 Å². The van der Waals surface area contributed by atoms with Crippen molar-refractivity contribution < 1.29 is 4.79 Å². The van der Waals surface area contributed by atoms with Gasteiger partial charge >= 0.3 is 0 Å². The van der Waals surface area contributed by atoms with Gasteiger partial charge in [0.25, 0.3) is 5.91 Å². The molecule has 0 aliphatic heterocycles. The van der Waals surface area contributed by atoms with Crippen molar-refractivity contribution in [1.29, 1.82) is 0 Å². The molecule has 0 bridgehead atoms. The van der Waals surface area contributed by atoms with Crippen molar-refractivity contribution in [2.45, 2.75) is 0 Å². The number of nitrogens with two attached hydrogens (primary N) is 2. The molecule has 1 amide bonds. The second kappa shape index (κ2) is 5.02. The molecular formula is C14H13N5OS. The Bertz CT molecular complexity index is 828. The van der Waals surface area contributed by atoms with Crippen molar-refractivity contribution >= 4 is 39.1 Å². The number of amides is 1. The third kappa shape index (κ3) is 2.17. The van der Waals surface area contributed by atoms with Crippen molar-refractivity contribution in [3.05, 3.63) is 35.2 Å². The Morgan fingerprint density at radius 1 is 1.24 bits per heavy atom. The predicted octanol–water partition coefficient (Wildman–Crippen LogP) is 2.08. The van der Waals surface area contributed by atoms with Crippen molar-refractivity contribution in [3.8, 4) is 11.3 Å². The summed E-state index contributed by atoms with van der Waals surface area (Å²) in [6.07, 6.45) is 0. The number of rotatable bonds is 3. The second-order valence-corrected chi connectivity index (χ2v) is 5.40. The van der Waals surface area contributed by atoms with E-state index in [0.717, 1.165) is 5.56 Å². The number of nitrogen functional groups attached to an aromatic ring is 1. The van der Waals surface area contributed by atoms with Crippen molar-refractivity contribution in [1.82, 2.24) is 9.97 Å². The molecule has 2 heterocycles. The van der Waals surface area contributed by atoms with Gasteiger partial charge in [-0.2, -0.15) is 0 Å². The SMILES string of the molecule is CNc1nc(-c2ccccc2)c2c(N)c(C(N)=O)sc2n1. The van der Waals surface area contributed by atoms with E-state index in [1.54, 1.807) is 7.05 Å². The molecule has 0 saturated carbocycles. The molecule has 0 aliphatic rings. The van der Waals surface area contributed by atoms with Crippen LogP contribution in [-0.4, -0.2) is 22.9 Å². The Morgan fingerprint density at radius 3 is 2.57 bits per heavy atom. The van der Waals surface area contributed by atoms with E-state index in [1.807, 2.05) is 30.3 Å². The molecule has 0 radical (unpaired) electrons. The topological polar surface area (TPSA) is 107 Å².